The van der Waals surface area contributed by atoms with Crippen LogP contribution in [0.15, 0.2) is 64.9 Å². The van der Waals surface area contributed by atoms with Crippen molar-refractivity contribution in [3.63, 3.8) is 0 Å². The van der Waals surface area contributed by atoms with Gasteiger partial charge in [-0.2, -0.15) is 4.31 Å². The van der Waals surface area contributed by atoms with Gasteiger partial charge in [-0.25, -0.2) is 8.42 Å². The van der Waals surface area contributed by atoms with Gasteiger partial charge in [-0.05, 0) is 41.3 Å². The maximum absolute atomic E-state index is 13.1. The summed E-state index contributed by atoms with van der Waals surface area (Å²) in [7, 11) is -3.55. The summed E-state index contributed by atoms with van der Waals surface area (Å²) in [6, 6.07) is 16.9. The topological polar surface area (TPSA) is 69.7 Å². The van der Waals surface area contributed by atoms with Crippen molar-refractivity contribution in [3.05, 3.63) is 64.9 Å². The zero-order valence-electron chi connectivity index (χ0n) is 16.8. The van der Waals surface area contributed by atoms with Crippen LogP contribution in [0.5, 0.6) is 0 Å². The molecule has 2 heterocycles. The molecule has 30 heavy (non-hydrogen) atoms. The number of nitrogens with one attached hydrogen (secondary N) is 1. The maximum atomic E-state index is 13.1. The van der Waals surface area contributed by atoms with E-state index in [0.717, 1.165) is 15.6 Å². The average Bonchev–Trinajstić information content (AvgIpc) is 3.29. The Hall–Kier alpha value is -2.26. The molecule has 0 saturated carbocycles. The lowest BCUT2D eigenvalue weighted by molar-refractivity contribution is -0.123. The maximum Gasteiger partial charge on any atom is 0.243 e. The van der Waals surface area contributed by atoms with Gasteiger partial charge in [-0.15, -0.1) is 11.3 Å². The van der Waals surface area contributed by atoms with Crippen LogP contribution in [0.1, 0.15) is 17.8 Å². The lowest BCUT2D eigenvalue weighted by Gasteiger charge is -2.33. The SMILES string of the molecule is CC(NC(=O)CN1CCN(S(=O)(=O)c2ccc3ccccc3c2)CC1)c1cccs1. The number of carbonyl (C=O) groups is 1. The summed E-state index contributed by atoms with van der Waals surface area (Å²) in [6.45, 7) is 4.07. The Morgan fingerprint density at radius 3 is 2.47 bits per heavy atom. The molecule has 158 valence electrons. The molecular weight excluding hydrogens is 418 g/mol. The second-order valence-electron chi connectivity index (χ2n) is 7.49. The molecule has 1 atom stereocenters. The van der Waals surface area contributed by atoms with Crippen LogP contribution in [-0.2, 0) is 14.8 Å². The summed E-state index contributed by atoms with van der Waals surface area (Å²) in [5.74, 6) is -0.0401. The third kappa shape index (κ3) is 4.57. The van der Waals surface area contributed by atoms with E-state index in [-0.39, 0.29) is 18.5 Å². The highest BCUT2D eigenvalue weighted by molar-refractivity contribution is 7.89. The van der Waals surface area contributed by atoms with Crippen molar-refractivity contribution in [2.45, 2.75) is 17.9 Å². The molecule has 1 N–H and O–H groups in total. The molecule has 2 aromatic carbocycles. The predicted molar refractivity (Wildman–Crippen MR) is 120 cm³/mol. The predicted octanol–water partition coefficient (Wildman–Crippen LogP) is 3.09. The van der Waals surface area contributed by atoms with Crippen molar-refractivity contribution < 1.29 is 13.2 Å². The van der Waals surface area contributed by atoms with E-state index in [2.05, 4.69) is 5.32 Å². The van der Waals surface area contributed by atoms with E-state index >= 15 is 0 Å². The summed E-state index contributed by atoms with van der Waals surface area (Å²) in [5, 5.41) is 6.93. The van der Waals surface area contributed by atoms with Gasteiger partial charge < -0.3 is 5.32 Å². The van der Waals surface area contributed by atoms with Gasteiger partial charge in [0, 0.05) is 31.1 Å². The van der Waals surface area contributed by atoms with E-state index in [0.29, 0.717) is 31.1 Å². The fourth-order valence-electron chi connectivity index (χ4n) is 3.70. The highest BCUT2D eigenvalue weighted by Crippen LogP contribution is 2.23. The second kappa shape index (κ2) is 8.85. The number of fused-ring (bicyclic) bond motifs is 1. The largest absolute Gasteiger partial charge is 0.348 e. The summed E-state index contributed by atoms with van der Waals surface area (Å²) in [6.07, 6.45) is 0. The van der Waals surface area contributed by atoms with Crippen LogP contribution in [0.2, 0.25) is 0 Å². The van der Waals surface area contributed by atoms with Gasteiger partial charge in [0.2, 0.25) is 15.9 Å². The Labute approximate surface area is 181 Å². The average molecular weight is 444 g/mol. The lowest BCUT2D eigenvalue weighted by atomic mass is 10.1. The molecule has 0 bridgehead atoms. The fourth-order valence-corrected chi connectivity index (χ4v) is 5.90. The van der Waals surface area contributed by atoms with Crippen molar-refractivity contribution in [2.24, 2.45) is 0 Å². The Morgan fingerprint density at radius 2 is 1.77 bits per heavy atom. The van der Waals surface area contributed by atoms with Crippen LogP contribution in [-0.4, -0.2) is 56.3 Å². The third-order valence-electron chi connectivity index (χ3n) is 5.40. The Kier molecular flexibility index (Phi) is 6.19. The Bertz CT molecular complexity index is 1120. The zero-order valence-corrected chi connectivity index (χ0v) is 18.5. The van der Waals surface area contributed by atoms with E-state index < -0.39 is 10.0 Å². The molecule has 1 fully saturated rings. The quantitative estimate of drug-likeness (QED) is 0.636. The molecule has 0 spiro atoms. The van der Waals surface area contributed by atoms with Gasteiger partial charge >= 0.3 is 0 Å². The summed E-state index contributed by atoms with van der Waals surface area (Å²) in [5.41, 5.74) is 0. The van der Waals surface area contributed by atoms with Crippen molar-refractivity contribution in [2.75, 3.05) is 32.7 Å². The minimum Gasteiger partial charge on any atom is -0.348 e. The first kappa shape index (κ1) is 21.0. The standard InChI is InChI=1S/C22H25N3O3S2/c1-17(21-7-4-14-29-21)23-22(26)16-24-10-12-25(13-11-24)30(27,28)20-9-8-18-5-2-3-6-19(18)15-20/h2-9,14-15,17H,10-13,16H2,1H3,(H,23,26). The van der Waals surface area contributed by atoms with Crippen molar-refractivity contribution in [1.29, 1.82) is 0 Å². The molecule has 3 aromatic rings. The number of benzene rings is 2. The Balaban J connectivity index is 1.34. The highest BCUT2D eigenvalue weighted by Gasteiger charge is 2.29. The van der Waals surface area contributed by atoms with Gasteiger partial charge in [0.15, 0.2) is 0 Å². The van der Waals surface area contributed by atoms with Crippen LogP contribution in [0.25, 0.3) is 10.8 Å². The third-order valence-corrected chi connectivity index (χ3v) is 8.35. The molecule has 1 aliphatic heterocycles. The van der Waals surface area contributed by atoms with E-state index in [1.54, 1.807) is 23.5 Å². The molecule has 4 rings (SSSR count). The van der Waals surface area contributed by atoms with E-state index in [4.69, 9.17) is 0 Å². The van der Waals surface area contributed by atoms with Gasteiger partial charge in [0.05, 0.1) is 17.5 Å². The number of thiophene rings is 1. The molecule has 6 nitrogen and oxygen atoms in total. The first-order chi connectivity index (χ1) is 14.4. The monoisotopic (exact) mass is 443 g/mol. The van der Waals surface area contributed by atoms with Crippen molar-refractivity contribution in [3.8, 4) is 0 Å². The highest BCUT2D eigenvalue weighted by atomic mass is 32.2. The first-order valence-electron chi connectivity index (χ1n) is 9.97. The molecular formula is C22H25N3O3S2. The first-order valence-corrected chi connectivity index (χ1v) is 12.3. The number of carbonyl (C=O) groups excluding carboxylic acids is 1. The molecule has 1 unspecified atom stereocenters. The number of nitrogens with zero attached hydrogens (tertiary/aromatic N) is 2. The number of piperazine rings is 1. The van der Waals surface area contributed by atoms with Crippen LogP contribution >= 0.6 is 11.3 Å². The molecule has 1 aromatic heterocycles. The van der Waals surface area contributed by atoms with E-state index in [1.165, 1.54) is 4.31 Å². The van der Waals surface area contributed by atoms with Crippen molar-refractivity contribution >= 4 is 38.0 Å². The molecule has 0 aliphatic carbocycles. The normalized spacial score (nSPS) is 17.1. The number of hydrogen-bond donors (Lipinski definition) is 1. The number of rotatable bonds is 6. The van der Waals surface area contributed by atoms with Gasteiger partial charge in [0.25, 0.3) is 0 Å². The molecule has 1 amide bonds. The zero-order chi connectivity index (χ0) is 21.1. The molecule has 8 heteroatoms. The fraction of sp³-hybridized carbons (Fsp3) is 0.318. The Morgan fingerprint density at radius 1 is 1.03 bits per heavy atom. The smallest absolute Gasteiger partial charge is 0.243 e. The van der Waals surface area contributed by atoms with Crippen LogP contribution < -0.4 is 5.32 Å². The van der Waals surface area contributed by atoms with Gasteiger partial charge in [-0.1, -0.05) is 36.4 Å². The van der Waals surface area contributed by atoms with Crippen molar-refractivity contribution in [1.82, 2.24) is 14.5 Å². The second-order valence-corrected chi connectivity index (χ2v) is 10.4. The van der Waals surface area contributed by atoms with E-state index in [9.17, 15) is 13.2 Å². The number of amides is 1. The molecule has 1 aliphatic rings. The summed E-state index contributed by atoms with van der Waals surface area (Å²) in [4.78, 5) is 15.8. The molecule has 0 radical (unpaired) electrons. The summed E-state index contributed by atoms with van der Waals surface area (Å²) >= 11 is 1.62. The van der Waals surface area contributed by atoms with Crippen LogP contribution in [0.3, 0.4) is 0 Å². The number of sulfonamides is 1. The molecule has 1 saturated heterocycles. The minimum atomic E-state index is -3.55. The summed E-state index contributed by atoms with van der Waals surface area (Å²) < 4.78 is 27.6. The van der Waals surface area contributed by atoms with Crippen LogP contribution in [0, 0.1) is 0 Å². The lowest BCUT2D eigenvalue weighted by Crippen LogP contribution is -2.51. The minimum absolute atomic E-state index is 0.0212. The van der Waals surface area contributed by atoms with Crippen LogP contribution in [0.4, 0.5) is 0 Å². The van der Waals surface area contributed by atoms with E-state index in [1.807, 2.05) is 59.7 Å². The van der Waals surface area contributed by atoms with Gasteiger partial charge in [-0.3, -0.25) is 9.69 Å². The number of hydrogen-bond acceptors (Lipinski definition) is 5. The van der Waals surface area contributed by atoms with Gasteiger partial charge in [0.1, 0.15) is 0 Å².